The number of hydrogen-bond acceptors (Lipinski definition) is 4. The number of aliphatic hydroxyl groups excluding tert-OH is 1. The summed E-state index contributed by atoms with van der Waals surface area (Å²) in [5.41, 5.74) is 0.324. The van der Waals surface area contributed by atoms with Gasteiger partial charge >= 0.3 is 0 Å². The lowest BCUT2D eigenvalue weighted by Crippen LogP contribution is -2.35. The first-order valence-corrected chi connectivity index (χ1v) is 6.48. The third kappa shape index (κ3) is 2.54. The van der Waals surface area contributed by atoms with E-state index in [9.17, 15) is 8.42 Å². The third-order valence-electron chi connectivity index (χ3n) is 2.00. The standard InChI is InChI=1S/C8H14ClN3O3S/c1-5(4-13)11-16(14,15)7-6(2)10-12(3)8(7)9/h5,11,13H,4H2,1-3H3/t5-/m1/s1. The van der Waals surface area contributed by atoms with Gasteiger partial charge in [0.1, 0.15) is 10.0 Å². The van der Waals surface area contributed by atoms with Crippen molar-refractivity contribution in [2.75, 3.05) is 6.61 Å². The predicted octanol–water partition coefficient (Wildman–Crippen LogP) is 0.0410. The van der Waals surface area contributed by atoms with Crippen LogP contribution in [0.4, 0.5) is 0 Å². The van der Waals surface area contributed by atoms with Crippen LogP contribution < -0.4 is 4.72 Å². The number of nitrogens with one attached hydrogen (secondary N) is 1. The second-order valence-corrected chi connectivity index (χ2v) is 5.54. The highest BCUT2D eigenvalue weighted by molar-refractivity contribution is 7.89. The van der Waals surface area contributed by atoms with Gasteiger partial charge in [-0.1, -0.05) is 11.6 Å². The Labute approximate surface area is 99.3 Å². The van der Waals surface area contributed by atoms with Crippen LogP contribution in [-0.2, 0) is 17.1 Å². The third-order valence-corrected chi connectivity index (χ3v) is 4.28. The summed E-state index contributed by atoms with van der Waals surface area (Å²) in [5.74, 6) is 0. The maximum Gasteiger partial charge on any atom is 0.245 e. The predicted molar refractivity (Wildman–Crippen MR) is 59.8 cm³/mol. The van der Waals surface area contributed by atoms with Crippen LogP contribution in [0.2, 0.25) is 5.15 Å². The van der Waals surface area contributed by atoms with Gasteiger partial charge in [-0.05, 0) is 13.8 Å². The first kappa shape index (κ1) is 13.4. The number of aromatic nitrogens is 2. The number of aliphatic hydroxyl groups is 1. The molecule has 1 rings (SSSR count). The Hall–Kier alpha value is -0.630. The van der Waals surface area contributed by atoms with Crippen molar-refractivity contribution in [3.63, 3.8) is 0 Å². The minimum absolute atomic E-state index is 0.0445. The van der Waals surface area contributed by atoms with Crippen molar-refractivity contribution < 1.29 is 13.5 Å². The lowest BCUT2D eigenvalue weighted by molar-refractivity contribution is 0.265. The molecule has 0 radical (unpaired) electrons. The van der Waals surface area contributed by atoms with Crippen LogP contribution in [0.3, 0.4) is 0 Å². The maximum absolute atomic E-state index is 11.9. The molecule has 1 atom stereocenters. The Morgan fingerprint density at radius 1 is 1.62 bits per heavy atom. The van der Waals surface area contributed by atoms with Crippen LogP contribution in [-0.4, -0.2) is 36.0 Å². The molecule has 0 aromatic carbocycles. The molecule has 0 saturated heterocycles. The van der Waals surface area contributed by atoms with Crippen molar-refractivity contribution >= 4 is 21.6 Å². The van der Waals surface area contributed by atoms with Gasteiger partial charge in [0, 0.05) is 13.1 Å². The van der Waals surface area contributed by atoms with E-state index in [0.29, 0.717) is 5.69 Å². The zero-order valence-corrected chi connectivity index (χ0v) is 10.8. The fourth-order valence-corrected chi connectivity index (χ4v) is 3.26. The quantitative estimate of drug-likeness (QED) is 0.807. The highest BCUT2D eigenvalue weighted by Crippen LogP contribution is 2.23. The molecule has 1 aromatic rings. The van der Waals surface area contributed by atoms with E-state index in [1.165, 1.54) is 4.68 Å². The summed E-state index contributed by atoms with van der Waals surface area (Å²) in [6.07, 6.45) is 0. The summed E-state index contributed by atoms with van der Waals surface area (Å²) >= 11 is 5.84. The summed E-state index contributed by atoms with van der Waals surface area (Å²) in [7, 11) is -2.18. The van der Waals surface area contributed by atoms with Gasteiger partial charge in [0.2, 0.25) is 10.0 Å². The van der Waals surface area contributed by atoms with Crippen molar-refractivity contribution in [1.29, 1.82) is 0 Å². The van der Waals surface area contributed by atoms with Crippen LogP contribution in [0.15, 0.2) is 4.90 Å². The Balaban J connectivity index is 3.17. The fraction of sp³-hybridized carbons (Fsp3) is 0.625. The van der Waals surface area contributed by atoms with E-state index in [2.05, 4.69) is 9.82 Å². The SMILES string of the molecule is Cc1nn(C)c(Cl)c1S(=O)(=O)N[C@H](C)CO. The topological polar surface area (TPSA) is 84.2 Å². The van der Waals surface area contributed by atoms with Crippen molar-refractivity contribution in [3.8, 4) is 0 Å². The number of hydrogen-bond donors (Lipinski definition) is 2. The Kier molecular flexibility index (Phi) is 3.95. The van der Waals surface area contributed by atoms with Crippen molar-refractivity contribution in [1.82, 2.24) is 14.5 Å². The number of nitrogens with zero attached hydrogens (tertiary/aromatic N) is 2. The summed E-state index contributed by atoms with van der Waals surface area (Å²) in [6, 6.07) is -0.569. The second-order valence-electron chi connectivity index (χ2n) is 3.53. The van der Waals surface area contributed by atoms with Crippen LogP contribution in [0.1, 0.15) is 12.6 Å². The van der Waals surface area contributed by atoms with Crippen molar-refractivity contribution in [3.05, 3.63) is 10.8 Å². The lowest BCUT2D eigenvalue weighted by atomic mass is 10.4. The first-order chi connectivity index (χ1) is 7.29. The van der Waals surface area contributed by atoms with E-state index in [4.69, 9.17) is 16.7 Å². The molecule has 0 aliphatic carbocycles. The molecular formula is C8H14ClN3O3S. The molecule has 2 N–H and O–H groups in total. The van der Waals surface area contributed by atoms with Gasteiger partial charge in [-0.15, -0.1) is 0 Å². The number of rotatable bonds is 4. The first-order valence-electron chi connectivity index (χ1n) is 4.62. The summed E-state index contributed by atoms with van der Waals surface area (Å²) < 4.78 is 27.4. The molecule has 1 heterocycles. The highest BCUT2D eigenvalue weighted by Gasteiger charge is 2.26. The van der Waals surface area contributed by atoms with E-state index in [1.54, 1.807) is 20.9 Å². The van der Waals surface area contributed by atoms with Crippen molar-refractivity contribution in [2.45, 2.75) is 24.8 Å². The molecular weight excluding hydrogens is 254 g/mol. The molecule has 0 bridgehead atoms. The molecule has 16 heavy (non-hydrogen) atoms. The molecule has 92 valence electrons. The number of halogens is 1. The van der Waals surface area contributed by atoms with Crippen LogP contribution >= 0.6 is 11.6 Å². The monoisotopic (exact) mass is 267 g/mol. The zero-order chi connectivity index (χ0) is 12.5. The molecule has 6 nitrogen and oxygen atoms in total. The molecule has 0 aliphatic heterocycles. The molecule has 0 fully saturated rings. The van der Waals surface area contributed by atoms with E-state index in [-0.39, 0.29) is 16.7 Å². The largest absolute Gasteiger partial charge is 0.395 e. The summed E-state index contributed by atoms with van der Waals surface area (Å²) in [6.45, 7) is 2.83. The van der Waals surface area contributed by atoms with Gasteiger partial charge in [-0.3, -0.25) is 4.68 Å². The van der Waals surface area contributed by atoms with Gasteiger partial charge < -0.3 is 5.11 Å². The smallest absolute Gasteiger partial charge is 0.245 e. The number of sulfonamides is 1. The maximum atomic E-state index is 11.9. The summed E-state index contributed by atoms with van der Waals surface area (Å²) in [5, 5.41) is 12.8. The van der Waals surface area contributed by atoms with Crippen LogP contribution in [0, 0.1) is 6.92 Å². The average molecular weight is 268 g/mol. The molecule has 0 aliphatic rings. The van der Waals surface area contributed by atoms with E-state index in [0.717, 1.165) is 0 Å². The van der Waals surface area contributed by atoms with Gasteiger partial charge in [0.15, 0.2) is 0 Å². The van der Waals surface area contributed by atoms with Crippen LogP contribution in [0.25, 0.3) is 0 Å². The van der Waals surface area contributed by atoms with Gasteiger partial charge in [-0.25, -0.2) is 13.1 Å². The molecule has 0 unspecified atom stereocenters. The normalized spacial score (nSPS) is 14.1. The molecule has 8 heteroatoms. The minimum atomic E-state index is -3.74. The summed E-state index contributed by atoms with van der Waals surface area (Å²) in [4.78, 5) is -0.0445. The fourth-order valence-electron chi connectivity index (χ4n) is 1.28. The van der Waals surface area contributed by atoms with Gasteiger partial charge in [-0.2, -0.15) is 5.10 Å². The average Bonchev–Trinajstić information content (AvgIpc) is 2.40. The van der Waals surface area contributed by atoms with E-state index in [1.807, 2.05) is 0 Å². The Morgan fingerprint density at radius 3 is 2.56 bits per heavy atom. The molecule has 0 amide bonds. The van der Waals surface area contributed by atoms with Crippen LogP contribution in [0.5, 0.6) is 0 Å². The lowest BCUT2D eigenvalue weighted by Gasteiger charge is -2.11. The Bertz CT molecular complexity index is 483. The minimum Gasteiger partial charge on any atom is -0.395 e. The van der Waals surface area contributed by atoms with E-state index < -0.39 is 16.1 Å². The molecule has 0 saturated carbocycles. The van der Waals surface area contributed by atoms with Crippen molar-refractivity contribution in [2.24, 2.45) is 7.05 Å². The van der Waals surface area contributed by atoms with Gasteiger partial charge in [0.05, 0.1) is 12.3 Å². The number of aryl methyl sites for hydroxylation is 2. The highest BCUT2D eigenvalue weighted by atomic mass is 35.5. The zero-order valence-electron chi connectivity index (χ0n) is 9.23. The van der Waals surface area contributed by atoms with Gasteiger partial charge in [0.25, 0.3) is 0 Å². The molecule has 1 aromatic heterocycles. The van der Waals surface area contributed by atoms with E-state index >= 15 is 0 Å². The Morgan fingerprint density at radius 2 is 2.19 bits per heavy atom. The molecule has 0 spiro atoms. The second kappa shape index (κ2) is 4.70.